The van der Waals surface area contributed by atoms with Crippen molar-refractivity contribution in [2.24, 2.45) is 10.8 Å². The highest BCUT2D eigenvalue weighted by molar-refractivity contribution is 5.85. The fraction of sp³-hybridized carbons (Fsp3) is 0.273. The van der Waals surface area contributed by atoms with E-state index in [1.54, 1.807) is 7.05 Å². The van der Waals surface area contributed by atoms with Crippen LogP contribution in [-0.4, -0.2) is 25.5 Å². The summed E-state index contributed by atoms with van der Waals surface area (Å²) in [4.78, 5) is 11.3. The first-order chi connectivity index (χ1) is 8.22. The number of hydrogen-bond donors (Lipinski definition) is 3. The molecular weight excluding hydrogens is 220 g/mol. The molecule has 0 radical (unpaired) electrons. The number of alkyl carbamates (subject to hydrolysis) is 1. The number of amides is 1. The van der Waals surface area contributed by atoms with Gasteiger partial charge in [-0.3, -0.25) is 0 Å². The van der Waals surface area contributed by atoms with E-state index in [4.69, 9.17) is 10.5 Å². The molecule has 1 aromatic rings. The highest BCUT2D eigenvalue weighted by atomic mass is 16.5. The minimum Gasteiger partial charge on any atom is -0.445 e. The summed E-state index contributed by atoms with van der Waals surface area (Å²) in [5.41, 5.74) is 8.91. The van der Waals surface area contributed by atoms with Gasteiger partial charge in [0.15, 0.2) is 0 Å². The predicted molar refractivity (Wildman–Crippen MR) is 65.3 cm³/mol. The van der Waals surface area contributed by atoms with E-state index in [0.29, 0.717) is 0 Å². The molecule has 0 fully saturated rings. The second kappa shape index (κ2) is 7.10. The third kappa shape index (κ3) is 5.41. The van der Waals surface area contributed by atoms with Crippen LogP contribution in [0.2, 0.25) is 0 Å². The Hall–Kier alpha value is -2.24. The number of carbonyl (C=O) groups is 1. The Balaban J connectivity index is 2.24. The molecule has 0 unspecified atom stereocenters. The van der Waals surface area contributed by atoms with E-state index in [0.717, 1.165) is 5.56 Å². The van der Waals surface area contributed by atoms with Crippen LogP contribution in [0, 0.1) is 0 Å². The standard InChI is InChI=1S/C11H16N4O2/c1-13-15-10(12)7-14-11(16)17-8-9-5-3-2-4-6-9/h2-6,13H,7-8H2,1H3,(H2,12,15)(H,14,16). The summed E-state index contributed by atoms with van der Waals surface area (Å²) in [5.74, 6) is 0.282. The van der Waals surface area contributed by atoms with Crippen molar-refractivity contribution in [3.8, 4) is 0 Å². The van der Waals surface area contributed by atoms with Crippen molar-refractivity contribution in [1.82, 2.24) is 10.7 Å². The number of hydrogen-bond acceptors (Lipinski definition) is 4. The molecule has 1 amide bonds. The second-order valence-electron chi connectivity index (χ2n) is 3.24. The summed E-state index contributed by atoms with van der Waals surface area (Å²) >= 11 is 0. The van der Waals surface area contributed by atoms with E-state index in [9.17, 15) is 4.79 Å². The van der Waals surface area contributed by atoms with E-state index < -0.39 is 6.09 Å². The number of nitrogens with one attached hydrogen (secondary N) is 2. The van der Waals surface area contributed by atoms with E-state index in [1.807, 2.05) is 30.3 Å². The summed E-state index contributed by atoms with van der Waals surface area (Å²) in [6.45, 7) is 0.379. The van der Waals surface area contributed by atoms with Gasteiger partial charge in [-0.1, -0.05) is 30.3 Å². The van der Waals surface area contributed by atoms with Crippen LogP contribution in [0.5, 0.6) is 0 Å². The lowest BCUT2D eigenvalue weighted by atomic mass is 10.2. The summed E-state index contributed by atoms with van der Waals surface area (Å²) in [6.07, 6.45) is -0.525. The average Bonchev–Trinajstić information content (AvgIpc) is 2.35. The number of nitrogens with zero attached hydrogens (tertiary/aromatic N) is 1. The topological polar surface area (TPSA) is 88.7 Å². The van der Waals surface area contributed by atoms with Crippen LogP contribution in [0.1, 0.15) is 5.56 Å². The quantitative estimate of drug-likeness (QED) is 0.392. The highest BCUT2D eigenvalue weighted by Crippen LogP contribution is 2.00. The normalized spacial score (nSPS) is 10.8. The third-order valence-electron chi connectivity index (χ3n) is 1.88. The molecule has 0 saturated heterocycles. The summed E-state index contributed by atoms with van der Waals surface area (Å²) in [7, 11) is 1.63. The molecule has 17 heavy (non-hydrogen) atoms. The van der Waals surface area contributed by atoms with Gasteiger partial charge < -0.3 is 21.2 Å². The fourth-order valence-corrected chi connectivity index (χ4v) is 1.12. The van der Waals surface area contributed by atoms with Gasteiger partial charge in [-0.25, -0.2) is 4.79 Å². The number of hydrazone groups is 1. The first-order valence-electron chi connectivity index (χ1n) is 5.15. The number of carbonyl (C=O) groups excluding carboxylic acids is 1. The van der Waals surface area contributed by atoms with Crippen LogP contribution in [0.4, 0.5) is 4.79 Å². The molecule has 0 aromatic heterocycles. The van der Waals surface area contributed by atoms with Crippen LogP contribution in [0.25, 0.3) is 0 Å². The van der Waals surface area contributed by atoms with E-state index in [2.05, 4.69) is 15.8 Å². The Labute approximate surface area is 99.8 Å². The first-order valence-corrected chi connectivity index (χ1v) is 5.15. The zero-order valence-corrected chi connectivity index (χ0v) is 9.64. The van der Waals surface area contributed by atoms with Crippen molar-refractivity contribution in [3.05, 3.63) is 35.9 Å². The van der Waals surface area contributed by atoms with Crippen molar-refractivity contribution in [1.29, 1.82) is 0 Å². The SMILES string of the molecule is CN/N=C(\N)CNC(=O)OCc1ccccc1. The Morgan fingerprint density at radius 2 is 2.12 bits per heavy atom. The summed E-state index contributed by atoms with van der Waals surface area (Å²) < 4.78 is 4.98. The van der Waals surface area contributed by atoms with Crippen LogP contribution in [0.3, 0.4) is 0 Å². The van der Waals surface area contributed by atoms with Gasteiger partial charge in [-0.15, -0.1) is 0 Å². The molecule has 0 saturated carbocycles. The Kier molecular flexibility index (Phi) is 5.36. The monoisotopic (exact) mass is 236 g/mol. The smallest absolute Gasteiger partial charge is 0.407 e. The molecule has 0 heterocycles. The van der Waals surface area contributed by atoms with E-state index in [-0.39, 0.29) is 19.0 Å². The lowest BCUT2D eigenvalue weighted by Gasteiger charge is -2.06. The second-order valence-corrected chi connectivity index (χ2v) is 3.24. The molecule has 0 spiro atoms. The van der Waals surface area contributed by atoms with Crippen molar-refractivity contribution in [2.75, 3.05) is 13.6 Å². The lowest BCUT2D eigenvalue weighted by Crippen LogP contribution is -2.34. The molecule has 6 heteroatoms. The average molecular weight is 236 g/mol. The molecule has 0 aliphatic heterocycles. The fourth-order valence-electron chi connectivity index (χ4n) is 1.12. The van der Waals surface area contributed by atoms with Gasteiger partial charge in [0.05, 0.1) is 6.54 Å². The predicted octanol–water partition coefficient (Wildman–Crippen LogP) is 0.404. The Morgan fingerprint density at radius 3 is 2.76 bits per heavy atom. The molecule has 0 bridgehead atoms. The van der Waals surface area contributed by atoms with Gasteiger partial charge in [0.25, 0.3) is 0 Å². The van der Waals surface area contributed by atoms with Gasteiger partial charge in [0.1, 0.15) is 12.4 Å². The Bertz CT molecular complexity index is 378. The van der Waals surface area contributed by atoms with E-state index >= 15 is 0 Å². The minimum absolute atomic E-state index is 0.147. The Morgan fingerprint density at radius 1 is 1.41 bits per heavy atom. The van der Waals surface area contributed by atoms with Crippen LogP contribution < -0.4 is 16.5 Å². The maximum Gasteiger partial charge on any atom is 0.407 e. The zero-order valence-electron chi connectivity index (χ0n) is 9.64. The van der Waals surface area contributed by atoms with Crippen molar-refractivity contribution >= 4 is 11.9 Å². The summed E-state index contributed by atoms with van der Waals surface area (Å²) in [5, 5.41) is 6.17. The number of ether oxygens (including phenoxy) is 1. The highest BCUT2D eigenvalue weighted by Gasteiger charge is 2.02. The maximum atomic E-state index is 11.3. The molecule has 1 aromatic carbocycles. The largest absolute Gasteiger partial charge is 0.445 e. The molecule has 0 aliphatic carbocycles. The van der Waals surface area contributed by atoms with Crippen LogP contribution in [-0.2, 0) is 11.3 Å². The third-order valence-corrected chi connectivity index (χ3v) is 1.88. The summed E-state index contributed by atoms with van der Waals surface area (Å²) in [6, 6.07) is 9.43. The first kappa shape index (κ1) is 12.8. The van der Waals surface area contributed by atoms with Crippen molar-refractivity contribution < 1.29 is 9.53 Å². The molecule has 1 rings (SSSR count). The van der Waals surface area contributed by atoms with Gasteiger partial charge in [-0.05, 0) is 5.56 Å². The van der Waals surface area contributed by atoms with Gasteiger partial charge in [-0.2, -0.15) is 5.10 Å². The number of amidine groups is 1. The molecule has 0 atom stereocenters. The molecule has 6 nitrogen and oxygen atoms in total. The van der Waals surface area contributed by atoms with Gasteiger partial charge in [0, 0.05) is 7.05 Å². The molecular formula is C11H16N4O2. The zero-order chi connectivity index (χ0) is 12.5. The molecule has 92 valence electrons. The number of benzene rings is 1. The molecule has 4 N–H and O–H groups in total. The van der Waals surface area contributed by atoms with Crippen LogP contribution in [0.15, 0.2) is 35.4 Å². The number of nitrogens with two attached hydrogens (primary N) is 1. The van der Waals surface area contributed by atoms with Crippen molar-refractivity contribution in [2.45, 2.75) is 6.61 Å². The maximum absolute atomic E-state index is 11.3. The van der Waals surface area contributed by atoms with Gasteiger partial charge in [0.2, 0.25) is 0 Å². The van der Waals surface area contributed by atoms with E-state index in [1.165, 1.54) is 0 Å². The van der Waals surface area contributed by atoms with Gasteiger partial charge >= 0.3 is 6.09 Å². The lowest BCUT2D eigenvalue weighted by molar-refractivity contribution is 0.141. The molecule has 0 aliphatic rings. The van der Waals surface area contributed by atoms with Crippen molar-refractivity contribution in [3.63, 3.8) is 0 Å². The van der Waals surface area contributed by atoms with Crippen LogP contribution >= 0.6 is 0 Å². The number of rotatable bonds is 5. The minimum atomic E-state index is -0.525.